The van der Waals surface area contributed by atoms with Gasteiger partial charge in [-0.3, -0.25) is 4.79 Å². The molecule has 1 aliphatic heterocycles. The minimum absolute atomic E-state index is 0.0247. The Kier molecular flexibility index (Phi) is 7.28. The number of urea groups is 1. The SMILES string of the molecule is COCCCN(CC(=O)N1CCc2sccc2[C@H]1c1ccccc1)C(=O)N(C)C. The fourth-order valence-corrected chi connectivity index (χ4v) is 4.66. The van der Waals surface area contributed by atoms with Crippen LogP contribution in [0.5, 0.6) is 0 Å². The summed E-state index contributed by atoms with van der Waals surface area (Å²) in [5.74, 6) is -0.0247. The lowest BCUT2D eigenvalue weighted by molar-refractivity contribution is -0.134. The largest absolute Gasteiger partial charge is 0.385 e. The molecule has 156 valence electrons. The molecular formula is C22H29N3O3S. The normalized spacial score (nSPS) is 15.7. The lowest BCUT2D eigenvalue weighted by Gasteiger charge is -2.38. The van der Waals surface area contributed by atoms with Crippen LogP contribution >= 0.6 is 11.3 Å². The van der Waals surface area contributed by atoms with E-state index in [4.69, 9.17) is 4.74 Å². The van der Waals surface area contributed by atoms with Gasteiger partial charge in [-0.2, -0.15) is 0 Å². The minimum Gasteiger partial charge on any atom is -0.385 e. The number of carbonyl (C=O) groups is 2. The lowest BCUT2D eigenvalue weighted by Crippen LogP contribution is -2.49. The topological polar surface area (TPSA) is 53.1 Å². The van der Waals surface area contributed by atoms with Crippen molar-refractivity contribution >= 4 is 23.3 Å². The molecule has 3 rings (SSSR count). The molecule has 0 aliphatic carbocycles. The Morgan fingerprint density at radius 2 is 1.97 bits per heavy atom. The first-order valence-electron chi connectivity index (χ1n) is 9.88. The third kappa shape index (κ3) is 4.97. The average Bonchev–Trinajstić information content (AvgIpc) is 3.21. The fourth-order valence-electron chi connectivity index (χ4n) is 3.76. The monoisotopic (exact) mass is 415 g/mol. The zero-order chi connectivity index (χ0) is 20.8. The number of amides is 3. The Labute approximate surface area is 176 Å². The van der Waals surface area contributed by atoms with Crippen molar-refractivity contribution in [3.8, 4) is 0 Å². The molecule has 29 heavy (non-hydrogen) atoms. The van der Waals surface area contributed by atoms with Crippen molar-refractivity contribution in [1.82, 2.24) is 14.7 Å². The number of ether oxygens (including phenoxy) is 1. The number of hydrogen-bond acceptors (Lipinski definition) is 4. The molecule has 0 spiro atoms. The molecule has 1 aromatic heterocycles. The van der Waals surface area contributed by atoms with Gasteiger partial charge in [0.1, 0.15) is 6.54 Å². The number of rotatable bonds is 7. The van der Waals surface area contributed by atoms with E-state index in [1.54, 1.807) is 37.4 Å². The molecule has 2 heterocycles. The summed E-state index contributed by atoms with van der Waals surface area (Å²) in [6, 6.07) is 12.0. The summed E-state index contributed by atoms with van der Waals surface area (Å²) in [6.45, 7) is 1.78. The summed E-state index contributed by atoms with van der Waals surface area (Å²) in [4.78, 5) is 32.4. The van der Waals surface area contributed by atoms with Crippen LogP contribution in [-0.4, -0.2) is 74.1 Å². The molecular weight excluding hydrogens is 386 g/mol. The zero-order valence-electron chi connectivity index (χ0n) is 17.3. The quantitative estimate of drug-likeness (QED) is 0.653. The van der Waals surface area contributed by atoms with Crippen LogP contribution < -0.4 is 0 Å². The highest BCUT2D eigenvalue weighted by Gasteiger charge is 2.34. The molecule has 0 N–H and O–H groups in total. The van der Waals surface area contributed by atoms with Gasteiger partial charge in [-0.1, -0.05) is 30.3 Å². The second-order valence-electron chi connectivity index (χ2n) is 7.39. The number of thiophene rings is 1. The lowest BCUT2D eigenvalue weighted by atomic mass is 9.93. The molecule has 3 amide bonds. The van der Waals surface area contributed by atoms with E-state index in [9.17, 15) is 9.59 Å². The van der Waals surface area contributed by atoms with Gasteiger partial charge in [0.05, 0.1) is 6.04 Å². The van der Waals surface area contributed by atoms with Gasteiger partial charge in [-0.05, 0) is 35.4 Å². The number of methoxy groups -OCH3 is 1. The first-order chi connectivity index (χ1) is 14.0. The molecule has 0 saturated heterocycles. The summed E-state index contributed by atoms with van der Waals surface area (Å²) in [7, 11) is 5.06. The molecule has 0 radical (unpaired) electrons. The highest BCUT2D eigenvalue weighted by Crippen LogP contribution is 2.37. The second kappa shape index (κ2) is 9.89. The summed E-state index contributed by atoms with van der Waals surface area (Å²) in [5, 5.41) is 2.10. The number of nitrogens with zero attached hydrogens (tertiary/aromatic N) is 3. The van der Waals surface area contributed by atoms with Gasteiger partial charge in [0.15, 0.2) is 0 Å². The zero-order valence-corrected chi connectivity index (χ0v) is 18.2. The first-order valence-corrected chi connectivity index (χ1v) is 10.8. The summed E-state index contributed by atoms with van der Waals surface area (Å²) >= 11 is 1.75. The second-order valence-corrected chi connectivity index (χ2v) is 8.40. The highest BCUT2D eigenvalue weighted by atomic mass is 32.1. The Morgan fingerprint density at radius 3 is 2.66 bits per heavy atom. The molecule has 6 nitrogen and oxygen atoms in total. The third-order valence-electron chi connectivity index (χ3n) is 5.16. The van der Waals surface area contributed by atoms with E-state index in [-0.39, 0.29) is 24.5 Å². The standard InChI is InChI=1S/C22H29N3O3S/c1-23(2)22(27)24(12-7-14-28-3)16-20(26)25-13-10-19-18(11-15-29-19)21(25)17-8-5-4-6-9-17/h4-6,8-9,11,15,21H,7,10,12-14,16H2,1-3H3/t21-/m1/s1. The van der Waals surface area contributed by atoms with Crippen molar-refractivity contribution in [2.24, 2.45) is 0 Å². The van der Waals surface area contributed by atoms with Crippen LogP contribution in [0.4, 0.5) is 4.79 Å². The highest BCUT2D eigenvalue weighted by molar-refractivity contribution is 7.10. The summed E-state index contributed by atoms with van der Waals surface area (Å²) in [6.07, 6.45) is 1.55. The maximum Gasteiger partial charge on any atom is 0.319 e. The molecule has 2 aromatic rings. The summed E-state index contributed by atoms with van der Waals surface area (Å²) in [5.41, 5.74) is 2.30. The predicted octanol–water partition coefficient (Wildman–Crippen LogP) is 3.24. The average molecular weight is 416 g/mol. The molecule has 1 aliphatic rings. The molecule has 0 bridgehead atoms. The van der Waals surface area contributed by atoms with Crippen LogP contribution in [0, 0.1) is 0 Å². The first kappa shape index (κ1) is 21.3. The van der Waals surface area contributed by atoms with Gasteiger partial charge in [-0.15, -0.1) is 11.3 Å². The van der Waals surface area contributed by atoms with Crippen molar-refractivity contribution in [3.63, 3.8) is 0 Å². The van der Waals surface area contributed by atoms with Gasteiger partial charge in [0, 0.05) is 45.8 Å². The van der Waals surface area contributed by atoms with Gasteiger partial charge < -0.3 is 19.4 Å². The van der Waals surface area contributed by atoms with E-state index in [1.165, 1.54) is 15.3 Å². The smallest absolute Gasteiger partial charge is 0.319 e. The molecule has 0 saturated carbocycles. The van der Waals surface area contributed by atoms with Gasteiger partial charge in [0.2, 0.25) is 5.91 Å². The van der Waals surface area contributed by atoms with E-state index in [2.05, 4.69) is 23.6 Å². The van der Waals surface area contributed by atoms with Crippen molar-refractivity contribution in [3.05, 3.63) is 57.8 Å². The minimum atomic E-state index is -0.154. The molecule has 0 fully saturated rings. The number of carbonyl (C=O) groups excluding carboxylic acids is 2. The van der Waals surface area contributed by atoms with Crippen LogP contribution in [0.15, 0.2) is 41.8 Å². The molecule has 0 unspecified atom stereocenters. The van der Waals surface area contributed by atoms with Gasteiger partial charge in [0.25, 0.3) is 0 Å². The Morgan fingerprint density at radius 1 is 1.21 bits per heavy atom. The fraction of sp³-hybridized carbons (Fsp3) is 0.455. The van der Waals surface area contributed by atoms with Crippen LogP contribution in [0.1, 0.15) is 28.5 Å². The van der Waals surface area contributed by atoms with Crippen molar-refractivity contribution in [1.29, 1.82) is 0 Å². The summed E-state index contributed by atoms with van der Waals surface area (Å²) < 4.78 is 5.11. The Bertz CT molecular complexity index is 822. The van der Waals surface area contributed by atoms with Crippen molar-refractivity contribution < 1.29 is 14.3 Å². The van der Waals surface area contributed by atoms with Crippen LogP contribution in [0.3, 0.4) is 0 Å². The van der Waals surface area contributed by atoms with Crippen LogP contribution in [0.25, 0.3) is 0 Å². The van der Waals surface area contributed by atoms with E-state index in [0.29, 0.717) is 26.1 Å². The van der Waals surface area contributed by atoms with E-state index < -0.39 is 0 Å². The Balaban J connectivity index is 1.82. The van der Waals surface area contributed by atoms with E-state index in [1.807, 2.05) is 23.1 Å². The maximum absolute atomic E-state index is 13.4. The Hall–Kier alpha value is -2.38. The van der Waals surface area contributed by atoms with Crippen molar-refractivity contribution in [2.75, 3.05) is 47.4 Å². The third-order valence-corrected chi connectivity index (χ3v) is 6.15. The number of benzene rings is 1. The van der Waals surface area contributed by atoms with E-state index >= 15 is 0 Å². The van der Waals surface area contributed by atoms with Gasteiger partial charge >= 0.3 is 6.03 Å². The van der Waals surface area contributed by atoms with Gasteiger partial charge in [-0.25, -0.2) is 4.79 Å². The molecule has 7 heteroatoms. The van der Waals surface area contributed by atoms with Crippen LogP contribution in [-0.2, 0) is 16.0 Å². The molecule has 1 atom stereocenters. The van der Waals surface area contributed by atoms with Crippen molar-refractivity contribution in [2.45, 2.75) is 18.9 Å². The maximum atomic E-state index is 13.4. The van der Waals surface area contributed by atoms with E-state index in [0.717, 1.165) is 12.0 Å². The number of fused-ring (bicyclic) bond motifs is 1. The predicted molar refractivity (Wildman–Crippen MR) is 115 cm³/mol. The number of hydrogen-bond donors (Lipinski definition) is 0. The van der Waals surface area contributed by atoms with Crippen LogP contribution in [0.2, 0.25) is 0 Å². The molecule has 1 aromatic carbocycles.